The van der Waals surface area contributed by atoms with Crippen molar-refractivity contribution in [1.82, 2.24) is 20.4 Å². The Morgan fingerprint density at radius 3 is 2.33 bits per heavy atom. The molecule has 0 saturated heterocycles. The van der Waals surface area contributed by atoms with Crippen molar-refractivity contribution in [3.63, 3.8) is 0 Å². The van der Waals surface area contributed by atoms with E-state index < -0.39 is 24.0 Å². The standard InChI is InChI=1S/C25H26N4O4/c1-17-22(18(2)29(28-17)21-12-8-5-9-13-21)14-15-23(30)33-19(3)24(31)27-25(32)26-16-20-10-6-4-7-11-20/h4-15,19H,16H2,1-3H3,(H2,26,27,31,32)/b15-14+. The van der Waals surface area contributed by atoms with E-state index in [1.807, 2.05) is 74.5 Å². The van der Waals surface area contributed by atoms with E-state index >= 15 is 0 Å². The minimum absolute atomic E-state index is 0.270. The molecule has 33 heavy (non-hydrogen) atoms. The summed E-state index contributed by atoms with van der Waals surface area (Å²) in [4.78, 5) is 36.3. The Labute approximate surface area is 192 Å². The van der Waals surface area contributed by atoms with Gasteiger partial charge < -0.3 is 10.1 Å². The number of rotatable bonds is 7. The number of amides is 3. The van der Waals surface area contributed by atoms with Gasteiger partial charge >= 0.3 is 12.0 Å². The molecule has 3 aromatic rings. The summed E-state index contributed by atoms with van der Waals surface area (Å²) >= 11 is 0. The lowest BCUT2D eigenvalue weighted by atomic mass is 10.2. The zero-order valence-corrected chi connectivity index (χ0v) is 18.7. The number of para-hydroxylation sites is 1. The number of nitrogens with one attached hydrogen (secondary N) is 2. The Morgan fingerprint density at radius 2 is 1.67 bits per heavy atom. The first kappa shape index (κ1) is 23.5. The highest BCUT2D eigenvalue weighted by Crippen LogP contribution is 2.19. The van der Waals surface area contributed by atoms with Crippen molar-refractivity contribution in [3.8, 4) is 5.69 Å². The fourth-order valence-electron chi connectivity index (χ4n) is 3.17. The molecule has 0 radical (unpaired) electrons. The van der Waals surface area contributed by atoms with Gasteiger partial charge in [-0.25, -0.2) is 14.3 Å². The molecule has 170 valence electrons. The quantitative estimate of drug-likeness (QED) is 0.427. The van der Waals surface area contributed by atoms with E-state index in [0.29, 0.717) is 0 Å². The average Bonchev–Trinajstić information content (AvgIpc) is 3.10. The van der Waals surface area contributed by atoms with Crippen molar-refractivity contribution in [2.24, 2.45) is 0 Å². The number of nitrogens with zero attached hydrogens (tertiary/aromatic N) is 2. The van der Waals surface area contributed by atoms with Crippen LogP contribution in [0.15, 0.2) is 66.7 Å². The first-order valence-electron chi connectivity index (χ1n) is 10.5. The SMILES string of the molecule is Cc1nn(-c2ccccc2)c(C)c1/C=C/C(=O)OC(C)C(=O)NC(=O)NCc1ccccc1. The van der Waals surface area contributed by atoms with Crippen LogP contribution in [-0.4, -0.2) is 33.8 Å². The van der Waals surface area contributed by atoms with Crippen LogP contribution in [0.25, 0.3) is 11.8 Å². The highest BCUT2D eigenvalue weighted by Gasteiger charge is 2.19. The van der Waals surface area contributed by atoms with Gasteiger partial charge in [0, 0.05) is 23.9 Å². The molecule has 0 fully saturated rings. The highest BCUT2D eigenvalue weighted by atomic mass is 16.5. The minimum Gasteiger partial charge on any atom is -0.449 e. The van der Waals surface area contributed by atoms with Crippen LogP contribution in [0.2, 0.25) is 0 Å². The minimum atomic E-state index is -1.14. The molecule has 3 amide bonds. The van der Waals surface area contributed by atoms with E-state index in [0.717, 1.165) is 28.2 Å². The summed E-state index contributed by atoms with van der Waals surface area (Å²) in [7, 11) is 0. The molecule has 2 aromatic carbocycles. The number of aromatic nitrogens is 2. The molecule has 1 heterocycles. The van der Waals surface area contributed by atoms with E-state index in [1.54, 1.807) is 10.8 Å². The molecule has 1 aromatic heterocycles. The van der Waals surface area contributed by atoms with Gasteiger partial charge in [0.25, 0.3) is 5.91 Å². The number of benzene rings is 2. The number of ether oxygens (including phenoxy) is 1. The Balaban J connectivity index is 1.53. The molecule has 1 unspecified atom stereocenters. The predicted octanol–water partition coefficient (Wildman–Crippen LogP) is 3.46. The molecular weight excluding hydrogens is 420 g/mol. The molecule has 0 saturated carbocycles. The topological polar surface area (TPSA) is 102 Å². The fourth-order valence-corrected chi connectivity index (χ4v) is 3.17. The van der Waals surface area contributed by atoms with E-state index in [1.165, 1.54) is 13.0 Å². The van der Waals surface area contributed by atoms with Crippen LogP contribution in [-0.2, 0) is 20.9 Å². The number of hydrogen-bond donors (Lipinski definition) is 2. The third-order valence-electron chi connectivity index (χ3n) is 4.93. The Bertz CT molecular complexity index is 1150. The zero-order valence-electron chi connectivity index (χ0n) is 18.7. The normalized spacial score (nSPS) is 11.7. The molecule has 0 aliphatic carbocycles. The second-order valence-corrected chi connectivity index (χ2v) is 7.40. The molecule has 8 nitrogen and oxygen atoms in total. The van der Waals surface area contributed by atoms with Crippen LogP contribution in [0.1, 0.15) is 29.4 Å². The van der Waals surface area contributed by atoms with Crippen LogP contribution in [0.3, 0.4) is 0 Å². The zero-order chi connectivity index (χ0) is 23.8. The summed E-state index contributed by atoms with van der Waals surface area (Å²) < 4.78 is 6.92. The van der Waals surface area contributed by atoms with Crippen molar-refractivity contribution >= 4 is 24.0 Å². The molecule has 2 N–H and O–H groups in total. The lowest BCUT2D eigenvalue weighted by Crippen LogP contribution is -2.44. The highest BCUT2D eigenvalue weighted by molar-refractivity contribution is 5.98. The largest absolute Gasteiger partial charge is 0.449 e. The number of hydrogen-bond acceptors (Lipinski definition) is 5. The Hall–Kier alpha value is -4.20. The number of aryl methyl sites for hydroxylation is 1. The van der Waals surface area contributed by atoms with Crippen LogP contribution >= 0.6 is 0 Å². The van der Waals surface area contributed by atoms with Gasteiger partial charge in [-0.3, -0.25) is 10.1 Å². The smallest absolute Gasteiger partial charge is 0.331 e. The molecule has 0 bridgehead atoms. The second kappa shape index (κ2) is 10.9. The van der Waals surface area contributed by atoms with E-state index in [9.17, 15) is 14.4 Å². The number of carbonyl (C=O) groups is 3. The van der Waals surface area contributed by atoms with Gasteiger partial charge in [-0.15, -0.1) is 0 Å². The summed E-state index contributed by atoms with van der Waals surface area (Å²) in [5, 5.41) is 9.27. The lowest BCUT2D eigenvalue weighted by molar-refractivity contribution is -0.149. The third kappa shape index (κ3) is 6.39. The molecule has 8 heteroatoms. The molecule has 1 atom stereocenters. The van der Waals surface area contributed by atoms with E-state index in [-0.39, 0.29) is 6.54 Å². The van der Waals surface area contributed by atoms with Crippen LogP contribution in [0.4, 0.5) is 4.79 Å². The van der Waals surface area contributed by atoms with Crippen LogP contribution < -0.4 is 10.6 Å². The predicted molar refractivity (Wildman–Crippen MR) is 124 cm³/mol. The molecule has 0 spiro atoms. The number of urea groups is 1. The van der Waals surface area contributed by atoms with E-state index in [2.05, 4.69) is 15.7 Å². The first-order valence-corrected chi connectivity index (χ1v) is 10.5. The number of imide groups is 1. The number of esters is 1. The van der Waals surface area contributed by atoms with E-state index in [4.69, 9.17) is 4.74 Å². The number of carbonyl (C=O) groups excluding carboxylic acids is 3. The monoisotopic (exact) mass is 446 g/mol. The summed E-state index contributed by atoms with van der Waals surface area (Å²) in [6.07, 6.45) is 1.71. The van der Waals surface area contributed by atoms with Gasteiger partial charge in [0.2, 0.25) is 0 Å². The third-order valence-corrected chi connectivity index (χ3v) is 4.93. The van der Waals surface area contributed by atoms with Crippen LogP contribution in [0.5, 0.6) is 0 Å². The van der Waals surface area contributed by atoms with Gasteiger partial charge in [-0.05, 0) is 44.5 Å². The molecule has 3 rings (SSSR count). The second-order valence-electron chi connectivity index (χ2n) is 7.40. The van der Waals surface area contributed by atoms with Gasteiger partial charge in [-0.1, -0.05) is 48.5 Å². The van der Waals surface area contributed by atoms with Gasteiger partial charge in [-0.2, -0.15) is 5.10 Å². The maximum atomic E-state index is 12.2. The van der Waals surface area contributed by atoms with Crippen molar-refractivity contribution < 1.29 is 19.1 Å². The summed E-state index contributed by atoms with van der Waals surface area (Å²) in [5.41, 5.74) is 4.21. The first-order chi connectivity index (χ1) is 15.8. The molecule has 0 aliphatic heterocycles. The van der Waals surface area contributed by atoms with Gasteiger partial charge in [0.05, 0.1) is 11.4 Å². The Kier molecular flexibility index (Phi) is 7.75. The lowest BCUT2D eigenvalue weighted by Gasteiger charge is -2.12. The van der Waals surface area contributed by atoms with Crippen molar-refractivity contribution in [2.45, 2.75) is 33.4 Å². The fraction of sp³-hybridized carbons (Fsp3) is 0.200. The molecular formula is C25H26N4O4. The average molecular weight is 447 g/mol. The summed E-state index contributed by atoms with van der Waals surface area (Å²) in [5.74, 6) is -1.42. The van der Waals surface area contributed by atoms with Gasteiger partial charge in [0.1, 0.15) is 0 Å². The van der Waals surface area contributed by atoms with Gasteiger partial charge in [0.15, 0.2) is 6.10 Å². The van der Waals surface area contributed by atoms with Crippen molar-refractivity contribution in [1.29, 1.82) is 0 Å². The van der Waals surface area contributed by atoms with Crippen molar-refractivity contribution in [2.75, 3.05) is 0 Å². The maximum Gasteiger partial charge on any atom is 0.331 e. The van der Waals surface area contributed by atoms with Crippen molar-refractivity contribution in [3.05, 3.63) is 89.3 Å². The van der Waals surface area contributed by atoms with Crippen LogP contribution in [0, 0.1) is 13.8 Å². The summed E-state index contributed by atoms with van der Waals surface area (Å²) in [6, 6.07) is 18.3. The molecule has 0 aliphatic rings. The summed E-state index contributed by atoms with van der Waals surface area (Å²) in [6.45, 7) is 5.42. The Morgan fingerprint density at radius 1 is 1.03 bits per heavy atom. The maximum absolute atomic E-state index is 12.2.